The van der Waals surface area contributed by atoms with Crippen LogP contribution in [0.3, 0.4) is 0 Å². The van der Waals surface area contributed by atoms with Crippen molar-refractivity contribution >= 4 is 22.8 Å². The number of fused-ring (bicyclic) bond motifs is 4. The fraction of sp³-hybridized carbons (Fsp3) is 0.350. The number of nitrogens with one attached hydrogen (secondary N) is 2. The van der Waals surface area contributed by atoms with Crippen molar-refractivity contribution in [2.45, 2.75) is 44.7 Å². The van der Waals surface area contributed by atoms with Crippen LogP contribution >= 0.6 is 0 Å². The standard InChI is InChI=1S/C20H20N4O3/c25-19(24-9-17-16(21-10-22-17)8-18(24)20(26)27)11-5-6-15-13(7-11)12-3-1-2-4-14(12)23-15/h5-7,10,18,23H,1-4,8-9H2,(H,21,22)(H,26,27). The predicted molar refractivity (Wildman–Crippen MR) is 98.5 cm³/mol. The molecule has 0 radical (unpaired) electrons. The van der Waals surface area contributed by atoms with Crippen LogP contribution in [0.1, 0.15) is 45.8 Å². The van der Waals surface area contributed by atoms with Gasteiger partial charge in [0, 0.05) is 28.6 Å². The first-order chi connectivity index (χ1) is 13.1. The number of carbonyl (C=O) groups excluding carboxylic acids is 1. The summed E-state index contributed by atoms with van der Waals surface area (Å²) in [5.41, 5.74) is 5.67. The molecule has 0 fully saturated rings. The molecule has 1 aliphatic carbocycles. The van der Waals surface area contributed by atoms with E-state index in [1.54, 1.807) is 12.4 Å². The molecule has 1 atom stereocenters. The summed E-state index contributed by atoms with van der Waals surface area (Å²) in [5, 5.41) is 10.7. The number of carbonyl (C=O) groups is 2. The molecule has 138 valence electrons. The Labute approximate surface area is 155 Å². The van der Waals surface area contributed by atoms with Crippen molar-refractivity contribution in [2.24, 2.45) is 0 Å². The van der Waals surface area contributed by atoms with E-state index in [1.165, 1.54) is 22.6 Å². The quantitative estimate of drug-likeness (QED) is 0.650. The minimum atomic E-state index is -1.00. The molecule has 0 bridgehead atoms. The molecule has 0 spiro atoms. The number of benzene rings is 1. The maximum atomic E-state index is 13.2. The van der Waals surface area contributed by atoms with Gasteiger partial charge in [-0.3, -0.25) is 4.79 Å². The number of aliphatic carboxylic acids is 1. The van der Waals surface area contributed by atoms with Crippen molar-refractivity contribution in [3.8, 4) is 0 Å². The number of hydrogen-bond donors (Lipinski definition) is 3. The number of hydrogen-bond acceptors (Lipinski definition) is 3. The molecular weight excluding hydrogens is 344 g/mol. The minimum absolute atomic E-state index is 0.224. The molecule has 7 heteroatoms. The maximum absolute atomic E-state index is 13.2. The van der Waals surface area contributed by atoms with Crippen LogP contribution < -0.4 is 0 Å². The van der Waals surface area contributed by atoms with Gasteiger partial charge in [-0.2, -0.15) is 0 Å². The van der Waals surface area contributed by atoms with Crippen molar-refractivity contribution in [2.75, 3.05) is 0 Å². The minimum Gasteiger partial charge on any atom is -0.480 e. The van der Waals surface area contributed by atoms with Gasteiger partial charge in [-0.25, -0.2) is 9.78 Å². The Morgan fingerprint density at radius 1 is 1.19 bits per heavy atom. The third-order valence-electron chi connectivity index (χ3n) is 5.79. The lowest BCUT2D eigenvalue weighted by molar-refractivity contribution is -0.142. The van der Waals surface area contributed by atoms with E-state index in [1.807, 2.05) is 12.1 Å². The Hall–Kier alpha value is -3.09. The van der Waals surface area contributed by atoms with Gasteiger partial charge in [0.2, 0.25) is 0 Å². The molecule has 1 amide bonds. The molecule has 5 rings (SSSR count). The molecule has 2 aliphatic rings. The van der Waals surface area contributed by atoms with Gasteiger partial charge in [0.25, 0.3) is 5.91 Å². The van der Waals surface area contributed by atoms with Crippen molar-refractivity contribution in [3.05, 3.63) is 52.7 Å². The van der Waals surface area contributed by atoms with Crippen molar-refractivity contribution in [3.63, 3.8) is 0 Å². The fourth-order valence-electron chi connectivity index (χ4n) is 4.37. The van der Waals surface area contributed by atoms with Crippen LogP contribution in [0.5, 0.6) is 0 Å². The molecule has 0 saturated heterocycles. The lowest BCUT2D eigenvalue weighted by Gasteiger charge is -2.32. The first-order valence-corrected chi connectivity index (χ1v) is 9.30. The highest BCUT2D eigenvalue weighted by Gasteiger charge is 2.36. The summed E-state index contributed by atoms with van der Waals surface area (Å²) >= 11 is 0. The van der Waals surface area contributed by atoms with E-state index in [4.69, 9.17) is 0 Å². The van der Waals surface area contributed by atoms with Crippen LogP contribution in [-0.2, 0) is 30.6 Å². The number of aromatic amines is 2. The Bertz CT molecular complexity index is 1060. The van der Waals surface area contributed by atoms with Crippen LogP contribution in [0.25, 0.3) is 10.9 Å². The van der Waals surface area contributed by atoms with Crippen LogP contribution in [0.15, 0.2) is 24.5 Å². The van der Waals surface area contributed by atoms with Gasteiger partial charge in [0.05, 0.1) is 24.3 Å². The van der Waals surface area contributed by atoms with Crippen molar-refractivity contribution in [1.29, 1.82) is 0 Å². The number of amides is 1. The Morgan fingerprint density at radius 2 is 2.04 bits per heavy atom. The molecule has 27 heavy (non-hydrogen) atoms. The highest BCUT2D eigenvalue weighted by molar-refractivity contribution is 6.00. The zero-order chi connectivity index (χ0) is 18.5. The topological polar surface area (TPSA) is 102 Å². The number of imidazole rings is 1. The second kappa shape index (κ2) is 5.97. The summed E-state index contributed by atoms with van der Waals surface area (Å²) in [7, 11) is 0. The van der Waals surface area contributed by atoms with Crippen molar-refractivity contribution < 1.29 is 14.7 Å². The SMILES string of the molecule is O=C(O)C1Cc2nc[nH]c2CN1C(=O)c1ccc2[nH]c3c(c2c1)CCCC3. The number of H-pyrrole nitrogens is 2. The van der Waals surface area contributed by atoms with Gasteiger partial charge in [0.15, 0.2) is 0 Å². The van der Waals surface area contributed by atoms with Gasteiger partial charge in [-0.05, 0) is 49.4 Å². The molecule has 0 saturated carbocycles. The monoisotopic (exact) mass is 364 g/mol. The second-order valence-electron chi connectivity index (χ2n) is 7.37. The fourth-order valence-corrected chi connectivity index (χ4v) is 4.37. The van der Waals surface area contributed by atoms with E-state index < -0.39 is 12.0 Å². The van der Waals surface area contributed by atoms with E-state index >= 15 is 0 Å². The number of nitrogens with zero attached hydrogens (tertiary/aromatic N) is 2. The van der Waals surface area contributed by atoms with Crippen molar-refractivity contribution in [1.82, 2.24) is 19.9 Å². The predicted octanol–water partition coefficient (Wildman–Crippen LogP) is 2.42. The van der Waals surface area contributed by atoms with E-state index in [-0.39, 0.29) is 18.9 Å². The van der Waals surface area contributed by atoms with E-state index in [2.05, 4.69) is 15.0 Å². The molecule has 2 aromatic heterocycles. The molecule has 1 unspecified atom stereocenters. The normalized spacial score (nSPS) is 19.0. The first kappa shape index (κ1) is 16.1. The second-order valence-corrected chi connectivity index (χ2v) is 7.37. The molecule has 3 aromatic rings. The van der Waals surface area contributed by atoms with Gasteiger partial charge < -0.3 is 20.0 Å². The van der Waals surface area contributed by atoms with Gasteiger partial charge >= 0.3 is 5.97 Å². The summed E-state index contributed by atoms with van der Waals surface area (Å²) in [4.78, 5) is 37.0. The number of rotatable bonds is 2. The highest BCUT2D eigenvalue weighted by Crippen LogP contribution is 2.31. The molecule has 3 heterocycles. The molecule has 1 aromatic carbocycles. The third kappa shape index (κ3) is 2.53. The molecule has 3 N–H and O–H groups in total. The van der Waals surface area contributed by atoms with E-state index in [0.29, 0.717) is 5.56 Å². The van der Waals surface area contributed by atoms with Gasteiger partial charge in [-0.1, -0.05) is 0 Å². The van der Waals surface area contributed by atoms with Gasteiger partial charge in [-0.15, -0.1) is 0 Å². The Morgan fingerprint density at radius 3 is 2.89 bits per heavy atom. The Balaban J connectivity index is 1.53. The summed E-state index contributed by atoms with van der Waals surface area (Å²) in [5.74, 6) is -1.26. The Kier molecular flexibility index (Phi) is 3.56. The first-order valence-electron chi connectivity index (χ1n) is 9.30. The highest BCUT2D eigenvalue weighted by atomic mass is 16.4. The van der Waals surface area contributed by atoms with Crippen LogP contribution in [-0.4, -0.2) is 42.9 Å². The summed E-state index contributed by atoms with van der Waals surface area (Å²) in [6.45, 7) is 0.231. The van der Waals surface area contributed by atoms with Crippen LogP contribution in [0.2, 0.25) is 0 Å². The zero-order valence-corrected chi connectivity index (χ0v) is 14.8. The van der Waals surface area contributed by atoms with Gasteiger partial charge in [0.1, 0.15) is 6.04 Å². The summed E-state index contributed by atoms with van der Waals surface area (Å²) in [6.07, 6.45) is 6.19. The number of carboxylic acid groups (broad SMARTS) is 1. The number of carboxylic acids is 1. The molecule has 1 aliphatic heterocycles. The third-order valence-corrected chi connectivity index (χ3v) is 5.79. The number of aromatic nitrogens is 3. The van der Waals surface area contributed by atoms with Crippen LogP contribution in [0, 0.1) is 0 Å². The maximum Gasteiger partial charge on any atom is 0.326 e. The molecule has 7 nitrogen and oxygen atoms in total. The zero-order valence-electron chi connectivity index (χ0n) is 14.8. The summed E-state index contributed by atoms with van der Waals surface area (Å²) < 4.78 is 0. The lowest BCUT2D eigenvalue weighted by Crippen LogP contribution is -2.48. The average Bonchev–Trinajstić information content (AvgIpc) is 3.29. The molecular formula is C20H20N4O3. The lowest BCUT2D eigenvalue weighted by atomic mass is 9.95. The van der Waals surface area contributed by atoms with E-state index in [0.717, 1.165) is 41.6 Å². The van der Waals surface area contributed by atoms with E-state index in [9.17, 15) is 14.7 Å². The summed E-state index contributed by atoms with van der Waals surface area (Å²) in [6, 6.07) is 4.74. The van der Waals surface area contributed by atoms with Crippen LogP contribution in [0.4, 0.5) is 0 Å². The average molecular weight is 364 g/mol. The largest absolute Gasteiger partial charge is 0.480 e. The number of aryl methyl sites for hydroxylation is 2. The smallest absolute Gasteiger partial charge is 0.326 e.